The van der Waals surface area contributed by atoms with E-state index in [1.807, 2.05) is 38.1 Å². The lowest BCUT2D eigenvalue weighted by molar-refractivity contribution is 0.871. The SMILES string of the molecule is Cc1cccc(-n2nc(C)c(Cl)c2N)c1. The van der Waals surface area contributed by atoms with Crippen LogP contribution in [0.4, 0.5) is 5.82 Å². The fourth-order valence-corrected chi connectivity index (χ4v) is 1.60. The predicted octanol–water partition coefficient (Wildman–Crippen LogP) is 2.72. The highest BCUT2D eigenvalue weighted by atomic mass is 35.5. The second kappa shape index (κ2) is 3.59. The maximum Gasteiger partial charge on any atom is 0.146 e. The number of benzene rings is 1. The van der Waals surface area contributed by atoms with Gasteiger partial charge in [-0.15, -0.1) is 0 Å². The van der Waals surface area contributed by atoms with Gasteiger partial charge in [-0.1, -0.05) is 23.7 Å². The van der Waals surface area contributed by atoms with E-state index in [1.54, 1.807) is 4.68 Å². The van der Waals surface area contributed by atoms with Gasteiger partial charge in [-0.25, -0.2) is 4.68 Å². The molecule has 0 unspecified atom stereocenters. The van der Waals surface area contributed by atoms with Gasteiger partial charge in [0.1, 0.15) is 10.8 Å². The molecule has 0 aliphatic heterocycles. The first kappa shape index (κ1) is 10.1. The molecule has 0 atom stereocenters. The van der Waals surface area contributed by atoms with Crippen molar-refractivity contribution in [1.29, 1.82) is 0 Å². The Bertz CT molecular complexity index is 503. The number of hydrogen-bond donors (Lipinski definition) is 1. The van der Waals surface area contributed by atoms with Gasteiger partial charge in [0, 0.05) is 0 Å². The highest BCUT2D eigenvalue weighted by Gasteiger charge is 2.11. The second-order valence-corrected chi connectivity index (χ2v) is 3.91. The summed E-state index contributed by atoms with van der Waals surface area (Å²) in [4.78, 5) is 0. The van der Waals surface area contributed by atoms with Gasteiger partial charge in [0.25, 0.3) is 0 Å². The number of nitrogens with two attached hydrogens (primary N) is 1. The highest BCUT2D eigenvalue weighted by molar-refractivity contribution is 6.33. The summed E-state index contributed by atoms with van der Waals surface area (Å²) in [5.41, 5.74) is 8.70. The minimum atomic E-state index is 0.486. The molecule has 0 aliphatic rings. The lowest BCUT2D eigenvalue weighted by Gasteiger charge is -2.04. The average molecular weight is 222 g/mol. The molecule has 3 nitrogen and oxygen atoms in total. The minimum absolute atomic E-state index is 0.486. The molecule has 0 fully saturated rings. The molecular formula is C11H12ClN3. The van der Waals surface area contributed by atoms with Crippen LogP contribution in [0.3, 0.4) is 0 Å². The molecule has 1 heterocycles. The Labute approximate surface area is 93.5 Å². The maximum atomic E-state index is 5.98. The number of hydrogen-bond acceptors (Lipinski definition) is 2. The van der Waals surface area contributed by atoms with Crippen molar-refractivity contribution in [2.24, 2.45) is 0 Å². The molecule has 0 saturated heterocycles. The zero-order valence-electron chi connectivity index (χ0n) is 8.66. The van der Waals surface area contributed by atoms with Crippen LogP contribution in [-0.2, 0) is 0 Å². The van der Waals surface area contributed by atoms with Crippen molar-refractivity contribution in [1.82, 2.24) is 9.78 Å². The van der Waals surface area contributed by atoms with Crippen LogP contribution in [0.25, 0.3) is 5.69 Å². The van der Waals surface area contributed by atoms with Crippen LogP contribution in [0.2, 0.25) is 5.02 Å². The van der Waals surface area contributed by atoms with Gasteiger partial charge >= 0.3 is 0 Å². The predicted molar refractivity (Wildman–Crippen MR) is 62.5 cm³/mol. The quantitative estimate of drug-likeness (QED) is 0.805. The van der Waals surface area contributed by atoms with Gasteiger partial charge in [-0.05, 0) is 31.5 Å². The Morgan fingerprint density at radius 2 is 2.07 bits per heavy atom. The molecule has 0 bridgehead atoms. The summed E-state index contributed by atoms with van der Waals surface area (Å²) in [5, 5.41) is 4.81. The van der Waals surface area contributed by atoms with Gasteiger partial charge in [0.05, 0.1) is 11.4 Å². The Morgan fingerprint density at radius 1 is 1.33 bits per heavy atom. The van der Waals surface area contributed by atoms with Gasteiger partial charge in [0.2, 0.25) is 0 Å². The van der Waals surface area contributed by atoms with Crippen LogP contribution >= 0.6 is 11.6 Å². The van der Waals surface area contributed by atoms with Crippen molar-refractivity contribution >= 4 is 17.4 Å². The van der Waals surface area contributed by atoms with Crippen molar-refractivity contribution in [3.8, 4) is 5.69 Å². The van der Waals surface area contributed by atoms with E-state index in [9.17, 15) is 0 Å². The van der Waals surface area contributed by atoms with E-state index in [0.29, 0.717) is 10.8 Å². The van der Waals surface area contributed by atoms with E-state index in [0.717, 1.165) is 16.9 Å². The number of rotatable bonds is 1. The standard InChI is InChI=1S/C11H12ClN3/c1-7-4-3-5-9(6-7)15-11(13)10(12)8(2)14-15/h3-6H,13H2,1-2H3. The van der Waals surface area contributed by atoms with E-state index in [1.165, 1.54) is 0 Å². The molecule has 2 N–H and O–H groups in total. The van der Waals surface area contributed by atoms with Crippen molar-refractivity contribution in [2.45, 2.75) is 13.8 Å². The monoisotopic (exact) mass is 221 g/mol. The summed E-state index contributed by atoms with van der Waals surface area (Å²) in [6.45, 7) is 3.86. The molecule has 15 heavy (non-hydrogen) atoms. The van der Waals surface area contributed by atoms with Gasteiger partial charge in [-0.2, -0.15) is 5.10 Å². The van der Waals surface area contributed by atoms with Crippen LogP contribution in [-0.4, -0.2) is 9.78 Å². The first-order valence-electron chi connectivity index (χ1n) is 4.67. The Kier molecular flexibility index (Phi) is 2.40. The normalized spacial score (nSPS) is 10.6. The van der Waals surface area contributed by atoms with E-state index in [2.05, 4.69) is 5.10 Å². The van der Waals surface area contributed by atoms with Gasteiger partial charge in [0.15, 0.2) is 0 Å². The molecule has 0 aliphatic carbocycles. The van der Waals surface area contributed by atoms with Crippen LogP contribution in [0.5, 0.6) is 0 Å². The molecule has 2 rings (SSSR count). The minimum Gasteiger partial charge on any atom is -0.382 e. The second-order valence-electron chi connectivity index (χ2n) is 3.54. The number of halogens is 1. The molecule has 0 saturated carbocycles. The van der Waals surface area contributed by atoms with Crippen molar-refractivity contribution in [3.63, 3.8) is 0 Å². The average Bonchev–Trinajstić information content (AvgIpc) is 2.46. The molecule has 0 amide bonds. The van der Waals surface area contributed by atoms with Gasteiger partial charge < -0.3 is 5.73 Å². The van der Waals surface area contributed by atoms with Crippen LogP contribution in [0.15, 0.2) is 24.3 Å². The molecular weight excluding hydrogens is 210 g/mol. The third-order valence-corrected chi connectivity index (χ3v) is 2.73. The fourth-order valence-electron chi connectivity index (χ4n) is 1.48. The molecule has 4 heteroatoms. The zero-order chi connectivity index (χ0) is 11.0. The Balaban J connectivity index is 2.59. The summed E-state index contributed by atoms with van der Waals surface area (Å²) in [6, 6.07) is 7.96. The topological polar surface area (TPSA) is 43.8 Å². The summed E-state index contributed by atoms with van der Waals surface area (Å²) in [6.07, 6.45) is 0. The highest BCUT2D eigenvalue weighted by Crippen LogP contribution is 2.25. The third-order valence-electron chi connectivity index (χ3n) is 2.27. The Morgan fingerprint density at radius 3 is 2.60 bits per heavy atom. The fraction of sp³-hybridized carbons (Fsp3) is 0.182. The number of nitrogen functional groups attached to an aromatic ring is 1. The Hall–Kier alpha value is -1.48. The smallest absolute Gasteiger partial charge is 0.146 e. The van der Waals surface area contributed by atoms with Crippen LogP contribution < -0.4 is 5.73 Å². The van der Waals surface area contributed by atoms with E-state index >= 15 is 0 Å². The maximum absolute atomic E-state index is 5.98. The third kappa shape index (κ3) is 1.70. The number of nitrogens with zero attached hydrogens (tertiary/aromatic N) is 2. The number of aryl methyl sites for hydroxylation is 2. The van der Waals surface area contributed by atoms with Crippen LogP contribution in [0, 0.1) is 13.8 Å². The largest absolute Gasteiger partial charge is 0.382 e. The van der Waals surface area contributed by atoms with Crippen molar-refractivity contribution in [2.75, 3.05) is 5.73 Å². The summed E-state index contributed by atoms with van der Waals surface area (Å²) in [5.74, 6) is 0.486. The van der Waals surface area contributed by atoms with Crippen molar-refractivity contribution < 1.29 is 0 Å². The zero-order valence-corrected chi connectivity index (χ0v) is 9.42. The molecule has 78 valence electrons. The summed E-state index contributed by atoms with van der Waals surface area (Å²) < 4.78 is 1.66. The molecule has 1 aromatic carbocycles. The van der Waals surface area contributed by atoms with E-state index in [-0.39, 0.29) is 0 Å². The molecule has 0 spiro atoms. The lowest BCUT2D eigenvalue weighted by atomic mass is 10.2. The van der Waals surface area contributed by atoms with E-state index < -0.39 is 0 Å². The first-order chi connectivity index (χ1) is 7.09. The number of aromatic nitrogens is 2. The molecule has 0 radical (unpaired) electrons. The summed E-state index contributed by atoms with van der Waals surface area (Å²) >= 11 is 5.98. The lowest BCUT2D eigenvalue weighted by Crippen LogP contribution is -2.01. The summed E-state index contributed by atoms with van der Waals surface area (Å²) in [7, 11) is 0. The van der Waals surface area contributed by atoms with Gasteiger partial charge in [-0.3, -0.25) is 0 Å². The number of anilines is 1. The van der Waals surface area contributed by atoms with E-state index in [4.69, 9.17) is 17.3 Å². The first-order valence-corrected chi connectivity index (χ1v) is 5.05. The van der Waals surface area contributed by atoms with Crippen LogP contribution in [0.1, 0.15) is 11.3 Å². The van der Waals surface area contributed by atoms with Crippen molar-refractivity contribution in [3.05, 3.63) is 40.5 Å². The molecule has 1 aromatic heterocycles. The molecule has 2 aromatic rings.